The van der Waals surface area contributed by atoms with Crippen molar-refractivity contribution in [2.45, 2.75) is 12.3 Å². The van der Waals surface area contributed by atoms with Gasteiger partial charge >= 0.3 is 6.18 Å². The van der Waals surface area contributed by atoms with E-state index in [1.165, 1.54) is 22.1 Å². The molecule has 29 heavy (non-hydrogen) atoms. The summed E-state index contributed by atoms with van der Waals surface area (Å²) in [5.74, 6) is 0.308. The number of ether oxygens (including phenoxy) is 1. The average Bonchev–Trinajstić information content (AvgIpc) is 3.46. The number of aromatic nitrogens is 7. The van der Waals surface area contributed by atoms with E-state index >= 15 is 0 Å². The Bertz CT molecular complexity index is 1140. The zero-order valence-electron chi connectivity index (χ0n) is 14.7. The van der Waals surface area contributed by atoms with Gasteiger partial charge in [0.2, 0.25) is 5.13 Å². The van der Waals surface area contributed by atoms with Crippen molar-refractivity contribution in [3.05, 3.63) is 42.2 Å². The van der Waals surface area contributed by atoms with Gasteiger partial charge < -0.3 is 9.64 Å². The van der Waals surface area contributed by atoms with Crippen LogP contribution in [0.15, 0.2) is 31.0 Å². The predicted octanol–water partition coefficient (Wildman–Crippen LogP) is 2.57. The van der Waals surface area contributed by atoms with E-state index in [2.05, 4.69) is 29.5 Å². The van der Waals surface area contributed by atoms with Crippen LogP contribution in [-0.4, -0.2) is 53.6 Å². The van der Waals surface area contributed by atoms with E-state index in [0.717, 1.165) is 18.0 Å². The third-order valence-electron chi connectivity index (χ3n) is 4.56. The minimum atomic E-state index is -4.55. The number of morpholine rings is 1. The van der Waals surface area contributed by atoms with Gasteiger partial charge in [-0.25, -0.2) is 9.97 Å². The third-order valence-corrected chi connectivity index (χ3v) is 5.34. The first-order valence-electron chi connectivity index (χ1n) is 8.58. The van der Waals surface area contributed by atoms with Crippen molar-refractivity contribution in [1.82, 2.24) is 33.9 Å². The summed E-state index contributed by atoms with van der Waals surface area (Å²) in [5.41, 5.74) is 0.593. The summed E-state index contributed by atoms with van der Waals surface area (Å²) < 4.78 is 50.4. The highest BCUT2D eigenvalue weighted by atomic mass is 32.1. The Morgan fingerprint density at radius 1 is 1.21 bits per heavy atom. The van der Waals surface area contributed by atoms with Crippen molar-refractivity contribution in [2.24, 2.45) is 0 Å². The molecular formula is C16H13F3N8OS. The third kappa shape index (κ3) is 3.31. The maximum absolute atomic E-state index is 13.0. The smallest absolute Gasteiger partial charge is 0.370 e. The number of alkyl halides is 3. The van der Waals surface area contributed by atoms with E-state index in [1.54, 1.807) is 12.4 Å². The molecule has 1 aliphatic rings. The Balaban J connectivity index is 1.44. The minimum Gasteiger partial charge on any atom is -0.370 e. The molecule has 0 saturated carbocycles. The molecule has 0 radical (unpaired) electrons. The fourth-order valence-electron chi connectivity index (χ4n) is 3.11. The van der Waals surface area contributed by atoms with Crippen molar-refractivity contribution in [3.63, 3.8) is 0 Å². The lowest BCUT2D eigenvalue weighted by atomic mass is 10.2. The summed E-state index contributed by atoms with van der Waals surface area (Å²) in [5, 5.41) is 7.37. The summed E-state index contributed by atoms with van der Waals surface area (Å²) in [4.78, 5) is 14.1. The van der Waals surface area contributed by atoms with E-state index < -0.39 is 11.9 Å². The highest BCUT2D eigenvalue weighted by Crippen LogP contribution is 2.31. The second kappa shape index (κ2) is 6.77. The monoisotopic (exact) mass is 422 g/mol. The highest BCUT2D eigenvalue weighted by Gasteiger charge is 2.33. The number of hydrogen-bond acceptors (Lipinski definition) is 8. The molecule has 1 unspecified atom stereocenters. The quantitative estimate of drug-likeness (QED) is 0.542. The normalized spacial score (nSPS) is 17.9. The molecule has 1 atom stereocenters. The number of fused-ring (bicyclic) bond motifs is 1. The molecule has 4 aromatic heterocycles. The number of halogens is 3. The van der Waals surface area contributed by atoms with Crippen molar-refractivity contribution in [2.75, 3.05) is 24.6 Å². The second-order valence-corrected chi connectivity index (χ2v) is 7.11. The summed E-state index contributed by atoms with van der Waals surface area (Å²) >= 11 is 1.18. The van der Waals surface area contributed by atoms with Gasteiger partial charge in [-0.3, -0.25) is 9.50 Å². The molecule has 5 rings (SSSR count). The Kier molecular flexibility index (Phi) is 4.20. The Labute approximate surface area is 165 Å². The van der Waals surface area contributed by atoms with E-state index in [4.69, 9.17) is 4.74 Å². The lowest BCUT2D eigenvalue weighted by Crippen LogP contribution is -2.38. The van der Waals surface area contributed by atoms with Crippen LogP contribution in [0.2, 0.25) is 0 Å². The van der Waals surface area contributed by atoms with Crippen molar-refractivity contribution >= 4 is 22.3 Å². The maximum atomic E-state index is 13.0. The van der Waals surface area contributed by atoms with E-state index in [0.29, 0.717) is 36.3 Å². The van der Waals surface area contributed by atoms with Gasteiger partial charge in [0.1, 0.15) is 11.8 Å². The van der Waals surface area contributed by atoms with Crippen molar-refractivity contribution in [3.8, 4) is 11.5 Å². The van der Waals surface area contributed by atoms with Crippen LogP contribution >= 0.6 is 11.5 Å². The minimum absolute atomic E-state index is 0.147. The van der Waals surface area contributed by atoms with Crippen LogP contribution in [0.25, 0.3) is 17.2 Å². The predicted molar refractivity (Wildman–Crippen MR) is 96.4 cm³/mol. The zero-order chi connectivity index (χ0) is 20.0. The van der Waals surface area contributed by atoms with Gasteiger partial charge in [0.15, 0.2) is 17.2 Å². The van der Waals surface area contributed by atoms with Gasteiger partial charge in [0.05, 0.1) is 31.7 Å². The van der Waals surface area contributed by atoms with Crippen LogP contribution in [0.1, 0.15) is 17.4 Å². The summed E-state index contributed by atoms with van der Waals surface area (Å²) in [7, 11) is 0. The van der Waals surface area contributed by atoms with Gasteiger partial charge in [-0.1, -0.05) is 0 Å². The number of H-pyrrole nitrogens is 1. The second-order valence-electron chi connectivity index (χ2n) is 6.38. The van der Waals surface area contributed by atoms with Gasteiger partial charge in [0, 0.05) is 36.0 Å². The van der Waals surface area contributed by atoms with E-state index in [9.17, 15) is 13.2 Å². The first kappa shape index (κ1) is 18.0. The van der Waals surface area contributed by atoms with Crippen LogP contribution in [0.4, 0.5) is 18.3 Å². The standard InChI is InChI=1S/C16H13F3N8OS/c17-16(18,19)12-8-27-10(5-21-13(27)6-20-12)14-24-15(29-25-14)26-1-2-28-11(7-26)9-3-22-23-4-9/h3-6,8,11H,1-2,7H2,(H,22,23). The summed E-state index contributed by atoms with van der Waals surface area (Å²) in [6.07, 6.45) is 2.22. The van der Waals surface area contributed by atoms with Gasteiger partial charge in [-0.15, -0.1) is 0 Å². The van der Waals surface area contributed by atoms with Crippen LogP contribution < -0.4 is 4.90 Å². The van der Waals surface area contributed by atoms with E-state index in [-0.39, 0.29) is 11.8 Å². The lowest BCUT2D eigenvalue weighted by Gasteiger charge is -2.31. The molecule has 150 valence electrons. The first-order chi connectivity index (χ1) is 14.0. The number of anilines is 1. The van der Waals surface area contributed by atoms with Crippen LogP contribution in [-0.2, 0) is 10.9 Å². The molecule has 13 heteroatoms. The fourth-order valence-corrected chi connectivity index (χ4v) is 3.82. The topological polar surface area (TPSA) is 97.1 Å². The largest absolute Gasteiger partial charge is 0.434 e. The van der Waals surface area contributed by atoms with Crippen LogP contribution in [0.5, 0.6) is 0 Å². The SMILES string of the molecule is FC(F)(F)c1cn2c(-c3nsc(N4CCOC(c5cn[nH]c5)C4)n3)cnc2cn1. The number of imidazole rings is 1. The van der Waals surface area contributed by atoms with Gasteiger partial charge in [-0.2, -0.15) is 27.6 Å². The van der Waals surface area contributed by atoms with E-state index in [1.807, 2.05) is 4.90 Å². The van der Waals surface area contributed by atoms with Crippen LogP contribution in [0, 0.1) is 0 Å². The molecule has 0 spiro atoms. The zero-order valence-corrected chi connectivity index (χ0v) is 15.5. The Morgan fingerprint density at radius 2 is 2.10 bits per heavy atom. The number of aromatic amines is 1. The Hall–Kier alpha value is -3.06. The molecule has 4 aromatic rings. The number of hydrogen-bond donors (Lipinski definition) is 1. The molecule has 0 bridgehead atoms. The maximum Gasteiger partial charge on any atom is 0.434 e. The molecule has 0 aromatic carbocycles. The molecule has 1 N–H and O–H groups in total. The molecule has 1 aliphatic heterocycles. The Morgan fingerprint density at radius 3 is 2.90 bits per heavy atom. The average molecular weight is 422 g/mol. The molecule has 5 heterocycles. The summed E-state index contributed by atoms with van der Waals surface area (Å²) in [6.45, 7) is 1.72. The molecule has 1 fully saturated rings. The lowest BCUT2D eigenvalue weighted by molar-refractivity contribution is -0.141. The number of nitrogens with zero attached hydrogens (tertiary/aromatic N) is 7. The fraction of sp³-hybridized carbons (Fsp3) is 0.312. The van der Waals surface area contributed by atoms with Gasteiger partial charge in [-0.05, 0) is 0 Å². The van der Waals surface area contributed by atoms with Crippen molar-refractivity contribution < 1.29 is 17.9 Å². The van der Waals surface area contributed by atoms with Gasteiger partial charge in [0.25, 0.3) is 0 Å². The number of nitrogens with one attached hydrogen (secondary N) is 1. The van der Waals surface area contributed by atoms with Crippen molar-refractivity contribution in [1.29, 1.82) is 0 Å². The molecule has 0 aliphatic carbocycles. The highest BCUT2D eigenvalue weighted by molar-refractivity contribution is 7.09. The molecule has 0 amide bonds. The molecule has 1 saturated heterocycles. The van der Waals surface area contributed by atoms with Crippen LogP contribution in [0.3, 0.4) is 0 Å². The molecule has 9 nitrogen and oxygen atoms in total. The summed E-state index contributed by atoms with van der Waals surface area (Å²) in [6, 6.07) is 0. The first-order valence-corrected chi connectivity index (χ1v) is 9.36. The number of rotatable bonds is 3. The molecular weight excluding hydrogens is 409 g/mol.